The predicted molar refractivity (Wildman–Crippen MR) is 87.7 cm³/mol. The number of hydrogen-bond acceptors (Lipinski definition) is 3. The molecule has 22 heavy (non-hydrogen) atoms. The molecular weight excluding hydrogens is 302 g/mol. The van der Waals surface area contributed by atoms with E-state index in [1.807, 2.05) is 4.90 Å². The highest BCUT2D eigenvalue weighted by atomic mass is 35.5. The quantitative estimate of drug-likeness (QED) is 0.822. The first-order chi connectivity index (χ1) is 10.1. The lowest BCUT2D eigenvalue weighted by Crippen LogP contribution is -2.53. The van der Waals surface area contributed by atoms with Crippen LogP contribution in [0.5, 0.6) is 0 Å². The van der Waals surface area contributed by atoms with E-state index in [0.717, 1.165) is 38.5 Å². The molecule has 0 bridgehead atoms. The highest BCUT2D eigenvalue weighted by Crippen LogP contribution is 2.32. The summed E-state index contributed by atoms with van der Waals surface area (Å²) in [6, 6.07) is 0.380. The Balaban J connectivity index is 0.00000176. The summed E-state index contributed by atoms with van der Waals surface area (Å²) in [5.41, 5.74) is 5.67. The molecule has 3 fully saturated rings. The molecule has 3 N–H and O–H groups in total. The van der Waals surface area contributed by atoms with Crippen LogP contribution < -0.4 is 11.1 Å². The van der Waals surface area contributed by atoms with Crippen LogP contribution in [0, 0.1) is 5.92 Å². The van der Waals surface area contributed by atoms with Crippen LogP contribution in [0.3, 0.4) is 0 Å². The highest BCUT2D eigenvalue weighted by molar-refractivity contribution is 5.89. The zero-order valence-electron chi connectivity index (χ0n) is 13.2. The van der Waals surface area contributed by atoms with Crippen molar-refractivity contribution in [1.29, 1.82) is 0 Å². The molecule has 2 amide bonds. The second kappa shape index (κ2) is 7.18. The summed E-state index contributed by atoms with van der Waals surface area (Å²) < 4.78 is 0. The van der Waals surface area contributed by atoms with E-state index in [1.54, 1.807) is 0 Å². The fourth-order valence-electron chi connectivity index (χ4n) is 4.27. The number of halogens is 1. The van der Waals surface area contributed by atoms with E-state index in [9.17, 15) is 9.59 Å². The Kier molecular flexibility index (Phi) is 5.72. The molecule has 1 heterocycles. The van der Waals surface area contributed by atoms with Gasteiger partial charge in [0.25, 0.3) is 0 Å². The summed E-state index contributed by atoms with van der Waals surface area (Å²) in [6.07, 6.45) is 9.22. The van der Waals surface area contributed by atoms with Gasteiger partial charge in [-0.1, -0.05) is 25.7 Å². The first-order valence-electron chi connectivity index (χ1n) is 8.45. The first-order valence-corrected chi connectivity index (χ1v) is 8.45. The molecule has 0 spiro atoms. The molecule has 0 aromatic rings. The largest absolute Gasteiger partial charge is 0.349 e. The maximum atomic E-state index is 12.5. The molecule has 3 aliphatic rings. The van der Waals surface area contributed by atoms with Crippen LogP contribution in [-0.4, -0.2) is 41.4 Å². The Morgan fingerprint density at radius 1 is 1.23 bits per heavy atom. The van der Waals surface area contributed by atoms with Gasteiger partial charge >= 0.3 is 0 Å². The van der Waals surface area contributed by atoms with Crippen molar-refractivity contribution < 1.29 is 9.59 Å². The molecule has 1 unspecified atom stereocenters. The van der Waals surface area contributed by atoms with Crippen molar-refractivity contribution in [2.45, 2.75) is 69.4 Å². The second-order valence-electron chi connectivity index (χ2n) is 7.07. The molecule has 2 aliphatic carbocycles. The van der Waals surface area contributed by atoms with E-state index in [-0.39, 0.29) is 35.7 Å². The fraction of sp³-hybridized carbons (Fsp3) is 0.875. The van der Waals surface area contributed by atoms with Gasteiger partial charge in [0.15, 0.2) is 0 Å². The van der Waals surface area contributed by atoms with E-state index < -0.39 is 0 Å². The Labute approximate surface area is 138 Å². The van der Waals surface area contributed by atoms with E-state index in [4.69, 9.17) is 5.73 Å². The monoisotopic (exact) mass is 329 g/mol. The van der Waals surface area contributed by atoms with Crippen molar-refractivity contribution in [3.05, 3.63) is 0 Å². The highest BCUT2D eigenvalue weighted by Gasteiger charge is 2.41. The summed E-state index contributed by atoms with van der Waals surface area (Å²) in [5, 5.41) is 3.17. The topological polar surface area (TPSA) is 75.4 Å². The van der Waals surface area contributed by atoms with Gasteiger partial charge in [0.2, 0.25) is 11.8 Å². The number of nitrogens with zero attached hydrogens (tertiary/aromatic N) is 1. The number of nitrogens with one attached hydrogen (secondary N) is 1. The third-order valence-electron chi connectivity index (χ3n) is 5.63. The lowest BCUT2D eigenvalue weighted by atomic mass is 9.96. The average molecular weight is 330 g/mol. The third-order valence-corrected chi connectivity index (χ3v) is 5.63. The molecular formula is C16H28ClN3O2. The molecule has 5 nitrogen and oxygen atoms in total. The lowest BCUT2D eigenvalue weighted by molar-refractivity contribution is -0.130. The maximum absolute atomic E-state index is 12.5. The van der Waals surface area contributed by atoms with Crippen molar-refractivity contribution >= 4 is 24.2 Å². The summed E-state index contributed by atoms with van der Waals surface area (Å²) >= 11 is 0. The van der Waals surface area contributed by atoms with Crippen LogP contribution in [0.4, 0.5) is 0 Å². The van der Waals surface area contributed by atoms with Gasteiger partial charge in [0, 0.05) is 25.6 Å². The molecule has 1 atom stereocenters. The van der Waals surface area contributed by atoms with Crippen molar-refractivity contribution in [3.8, 4) is 0 Å². The van der Waals surface area contributed by atoms with Gasteiger partial charge in [-0.25, -0.2) is 0 Å². The normalized spacial score (nSPS) is 28.0. The minimum atomic E-state index is -0.207. The Bertz CT molecular complexity index is 418. The Hall–Kier alpha value is -0.810. The van der Waals surface area contributed by atoms with Crippen molar-refractivity contribution in [2.75, 3.05) is 13.1 Å². The summed E-state index contributed by atoms with van der Waals surface area (Å²) in [4.78, 5) is 26.7. The van der Waals surface area contributed by atoms with Crippen LogP contribution in [0.25, 0.3) is 0 Å². The maximum Gasteiger partial charge on any atom is 0.225 e. The SMILES string of the molecule is Cl.NCC1(NC(=O)C2CC(=O)N(C3CCCC3)C2)CCCC1. The van der Waals surface area contributed by atoms with E-state index in [1.165, 1.54) is 12.8 Å². The van der Waals surface area contributed by atoms with Crippen LogP contribution in [0.1, 0.15) is 57.8 Å². The number of nitrogens with two attached hydrogens (primary N) is 1. The van der Waals surface area contributed by atoms with E-state index >= 15 is 0 Å². The van der Waals surface area contributed by atoms with Gasteiger partial charge < -0.3 is 16.0 Å². The number of amides is 2. The summed E-state index contributed by atoms with van der Waals surface area (Å²) in [6.45, 7) is 1.11. The van der Waals surface area contributed by atoms with E-state index in [2.05, 4.69) is 5.32 Å². The average Bonchev–Trinajstić information content (AvgIpc) is 3.18. The van der Waals surface area contributed by atoms with Crippen LogP contribution in [-0.2, 0) is 9.59 Å². The number of carbonyl (C=O) groups excluding carboxylic acids is 2. The molecule has 0 radical (unpaired) electrons. The summed E-state index contributed by atoms with van der Waals surface area (Å²) in [7, 11) is 0. The predicted octanol–water partition coefficient (Wildman–Crippen LogP) is 1.59. The zero-order valence-corrected chi connectivity index (χ0v) is 14.0. The molecule has 1 saturated heterocycles. The van der Waals surface area contributed by atoms with Crippen LogP contribution in [0.15, 0.2) is 0 Å². The van der Waals surface area contributed by atoms with E-state index in [0.29, 0.717) is 25.6 Å². The van der Waals surface area contributed by atoms with Crippen LogP contribution >= 0.6 is 12.4 Å². The lowest BCUT2D eigenvalue weighted by Gasteiger charge is -2.30. The molecule has 0 aromatic carbocycles. The zero-order chi connectivity index (χ0) is 14.9. The van der Waals surface area contributed by atoms with Crippen molar-refractivity contribution in [1.82, 2.24) is 10.2 Å². The Morgan fingerprint density at radius 2 is 1.86 bits per heavy atom. The Morgan fingerprint density at radius 3 is 2.45 bits per heavy atom. The van der Waals surface area contributed by atoms with Crippen molar-refractivity contribution in [3.63, 3.8) is 0 Å². The molecule has 6 heteroatoms. The van der Waals surface area contributed by atoms with Gasteiger partial charge in [-0.05, 0) is 25.7 Å². The van der Waals surface area contributed by atoms with Crippen LogP contribution in [0.2, 0.25) is 0 Å². The number of hydrogen-bond donors (Lipinski definition) is 2. The molecule has 2 saturated carbocycles. The smallest absolute Gasteiger partial charge is 0.225 e. The van der Waals surface area contributed by atoms with Gasteiger partial charge in [0.1, 0.15) is 0 Å². The first kappa shape index (κ1) is 17.5. The molecule has 1 aliphatic heterocycles. The minimum Gasteiger partial charge on any atom is -0.349 e. The van der Waals surface area contributed by atoms with Gasteiger partial charge in [-0.2, -0.15) is 0 Å². The number of carbonyl (C=O) groups is 2. The third kappa shape index (κ3) is 3.40. The number of rotatable bonds is 4. The summed E-state index contributed by atoms with van der Waals surface area (Å²) in [5.74, 6) is 0.0218. The van der Waals surface area contributed by atoms with Gasteiger partial charge in [-0.15, -0.1) is 12.4 Å². The number of likely N-dealkylation sites (tertiary alicyclic amines) is 1. The fourth-order valence-corrected chi connectivity index (χ4v) is 4.27. The molecule has 0 aromatic heterocycles. The molecule has 3 rings (SSSR count). The molecule has 126 valence electrons. The minimum absolute atomic E-state index is 0. The second-order valence-corrected chi connectivity index (χ2v) is 7.07. The van der Waals surface area contributed by atoms with Gasteiger partial charge in [-0.3, -0.25) is 9.59 Å². The van der Waals surface area contributed by atoms with Crippen molar-refractivity contribution in [2.24, 2.45) is 11.7 Å². The van der Waals surface area contributed by atoms with Gasteiger partial charge in [0.05, 0.1) is 11.5 Å². The standard InChI is InChI=1S/C16H27N3O2.ClH/c17-11-16(7-3-4-8-16)18-15(21)12-9-14(20)19(10-12)13-5-1-2-6-13;/h12-13H,1-11,17H2,(H,18,21);1H.